The quantitative estimate of drug-likeness (QED) is 0.766. The number of allylic oxidation sites excluding steroid dienone is 1. The van der Waals surface area contributed by atoms with Gasteiger partial charge < -0.3 is 10.1 Å². The summed E-state index contributed by atoms with van der Waals surface area (Å²) in [7, 11) is -3.19. The van der Waals surface area contributed by atoms with Gasteiger partial charge in [-0.25, -0.2) is 18.0 Å². The van der Waals surface area contributed by atoms with E-state index >= 15 is 0 Å². The molecule has 146 valence electrons. The number of halogens is 1. The first kappa shape index (κ1) is 19.7. The molecular weight excluding hydrogens is 392 g/mol. The number of sulfone groups is 1. The van der Waals surface area contributed by atoms with Crippen LogP contribution in [0.25, 0.3) is 0 Å². The zero-order valence-electron chi connectivity index (χ0n) is 15.1. The van der Waals surface area contributed by atoms with Gasteiger partial charge in [0.2, 0.25) is 0 Å². The first-order chi connectivity index (χ1) is 12.7. The lowest BCUT2D eigenvalue weighted by Gasteiger charge is -2.38. The van der Waals surface area contributed by atoms with Crippen molar-refractivity contribution in [3.63, 3.8) is 0 Å². The van der Waals surface area contributed by atoms with Crippen molar-refractivity contribution in [2.45, 2.75) is 32.4 Å². The van der Waals surface area contributed by atoms with Gasteiger partial charge in [0, 0.05) is 10.7 Å². The molecule has 1 fully saturated rings. The fourth-order valence-electron chi connectivity index (χ4n) is 3.55. The van der Waals surface area contributed by atoms with Crippen LogP contribution in [-0.4, -0.2) is 49.5 Å². The molecule has 0 saturated carbocycles. The molecule has 1 aromatic rings. The van der Waals surface area contributed by atoms with E-state index in [1.165, 1.54) is 4.90 Å². The van der Waals surface area contributed by atoms with E-state index in [2.05, 4.69) is 5.32 Å². The van der Waals surface area contributed by atoms with Gasteiger partial charge in [-0.3, -0.25) is 4.90 Å². The van der Waals surface area contributed by atoms with Crippen molar-refractivity contribution < 1.29 is 22.7 Å². The van der Waals surface area contributed by atoms with Gasteiger partial charge in [0.1, 0.15) is 0 Å². The molecule has 0 unspecified atom stereocenters. The Labute approximate surface area is 163 Å². The molecule has 2 aliphatic heterocycles. The molecule has 0 aliphatic carbocycles. The molecule has 2 heterocycles. The second-order valence-corrected chi connectivity index (χ2v) is 9.25. The number of carbonyl (C=O) groups is 2. The van der Waals surface area contributed by atoms with Crippen molar-refractivity contribution in [2.75, 3.05) is 18.1 Å². The normalized spacial score (nSPS) is 24.7. The minimum atomic E-state index is -3.19. The topological polar surface area (TPSA) is 92.8 Å². The van der Waals surface area contributed by atoms with Crippen molar-refractivity contribution in [2.24, 2.45) is 0 Å². The Hall–Kier alpha value is -2.06. The Morgan fingerprint density at radius 3 is 2.56 bits per heavy atom. The van der Waals surface area contributed by atoms with E-state index in [-0.39, 0.29) is 18.1 Å². The number of hydrogen-bond acceptors (Lipinski definition) is 5. The maximum atomic E-state index is 12.8. The molecule has 0 radical (unpaired) electrons. The third kappa shape index (κ3) is 3.96. The predicted molar refractivity (Wildman–Crippen MR) is 101 cm³/mol. The van der Waals surface area contributed by atoms with Gasteiger partial charge >= 0.3 is 12.0 Å². The third-order valence-corrected chi connectivity index (χ3v) is 6.80. The maximum Gasteiger partial charge on any atom is 0.338 e. The van der Waals surface area contributed by atoms with Gasteiger partial charge in [-0.05, 0) is 38.0 Å². The minimum absolute atomic E-state index is 0.0318. The number of nitrogens with one attached hydrogen (secondary N) is 1. The van der Waals surface area contributed by atoms with Gasteiger partial charge in [0.15, 0.2) is 9.84 Å². The highest BCUT2D eigenvalue weighted by atomic mass is 35.5. The highest BCUT2D eigenvalue weighted by molar-refractivity contribution is 7.91. The van der Waals surface area contributed by atoms with Crippen molar-refractivity contribution >= 4 is 33.4 Å². The van der Waals surface area contributed by atoms with Crippen LogP contribution in [0, 0.1) is 0 Å². The average Bonchev–Trinajstić information content (AvgIpc) is 2.94. The van der Waals surface area contributed by atoms with Crippen LogP contribution in [0.5, 0.6) is 0 Å². The molecule has 1 N–H and O–H groups in total. The molecular formula is C18H21ClN2O5S. The van der Waals surface area contributed by atoms with E-state index in [0.717, 1.165) is 0 Å². The number of esters is 1. The standard InChI is InChI=1S/C18H21ClN2O5S/c1-3-26-17(22)15-11(2)21(14-8-9-27(24,25)10-14)18(23)20-16(15)12-4-6-13(19)7-5-12/h4-7,14,16H,3,8-10H2,1-2H3,(H,20,23)/t14-,16+/m1/s1. The molecule has 9 heteroatoms. The Bertz CT molecular complexity index is 895. The Balaban J connectivity index is 2.05. The number of carbonyl (C=O) groups excluding carboxylic acids is 2. The van der Waals surface area contributed by atoms with Crippen LogP contribution in [0.15, 0.2) is 35.5 Å². The van der Waals surface area contributed by atoms with Crippen molar-refractivity contribution in [3.8, 4) is 0 Å². The summed E-state index contributed by atoms with van der Waals surface area (Å²) >= 11 is 5.94. The first-order valence-corrected chi connectivity index (χ1v) is 10.9. The van der Waals surface area contributed by atoms with E-state index in [1.54, 1.807) is 38.1 Å². The molecule has 1 saturated heterocycles. The zero-order chi connectivity index (χ0) is 19.8. The fraction of sp³-hybridized carbons (Fsp3) is 0.444. The lowest BCUT2D eigenvalue weighted by molar-refractivity contribution is -0.139. The molecule has 2 atom stereocenters. The number of benzene rings is 1. The third-order valence-electron chi connectivity index (χ3n) is 4.80. The van der Waals surface area contributed by atoms with E-state index < -0.39 is 33.9 Å². The smallest absolute Gasteiger partial charge is 0.338 e. The van der Waals surface area contributed by atoms with Crippen LogP contribution in [0.2, 0.25) is 5.02 Å². The molecule has 27 heavy (non-hydrogen) atoms. The summed E-state index contributed by atoms with van der Waals surface area (Å²) in [6.45, 7) is 3.54. The first-order valence-electron chi connectivity index (χ1n) is 8.67. The maximum absolute atomic E-state index is 12.8. The van der Waals surface area contributed by atoms with E-state index in [4.69, 9.17) is 16.3 Å². The van der Waals surface area contributed by atoms with Gasteiger partial charge in [-0.2, -0.15) is 0 Å². The fourth-order valence-corrected chi connectivity index (χ4v) is 5.38. The number of rotatable bonds is 4. The summed E-state index contributed by atoms with van der Waals surface area (Å²) < 4.78 is 28.9. The van der Waals surface area contributed by atoms with Crippen LogP contribution in [-0.2, 0) is 19.4 Å². The number of amides is 2. The molecule has 3 rings (SSSR count). The summed E-state index contributed by atoms with van der Waals surface area (Å²) in [6, 6.07) is 5.20. The number of urea groups is 1. The Morgan fingerprint density at radius 1 is 1.33 bits per heavy atom. The number of hydrogen-bond donors (Lipinski definition) is 1. The van der Waals surface area contributed by atoms with Crippen molar-refractivity contribution in [1.29, 1.82) is 0 Å². The SMILES string of the molecule is CCOC(=O)C1=C(C)N([C@@H]2CCS(=O)(=O)C2)C(=O)N[C@H]1c1ccc(Cl)cc1. The van der Waals surface area contributed by atoms with Crippen molar-refractivity contribution in [1.82, 2.24) is 10.2 Å². The molecule has 0 spiro atoms. The van der Waals surface area contributed by atoms with E-state index in [9.17, 15) is 18.0 Å². The molecule has 2 amide bonds. The zero-order valence-corrected chi connectivity index (χ0v) is 16.6. The van der Waals surface area contributed by atoms with Gasteiger partial charge in [0.05, 0.1) is 35.8 Å². The van der Waals surface area contributed by atoms with Gasteiger partial charge in [0.25, 0.3) is 0 Å². The number of ether oxygens (including phenoxy) is 1. The summed E-state index contributed by atoms with van der Waals surface area (Å²) in [5, 5.41) is 3.36. The summed E-state index contributed by atoms with van der Waals surface area (Å²) in [4.78, 5) is 26.8. The Kier molecular flexibility index (Phi) is 5.48. The highest BCUT2D eigenvalue weighted by Crippen LogP contribution is 2.34. The minimum Gasteiger partial charge on any atom is -0.463 e. The summed E-state index contributed by atoms with van der Waals surface area (Å²) in [5.74, 6) is -0.621. The highest BCUT2D eigenvalue weighted by Gasteiger charge is 2.42. The van der Waals surface area contributed by atoms with Crippen molar-refractivity contribution in [3.05, 3.63) is 46.1 Å². The van der Waals surface area contributed by atoms with Crippen LogP contribution >= 0.6 is 11.6 Å². The monoisotopic (exact) mass is 412 g/mol. The molecule has 0 aromatic heterocycles. The number of nitrogens with zero attached hydrogens (tertiary/aromatic N) is 1. The summed E-state index contributed by atoms with van der Waals surface area (Å²) in [6.07, 6.45) is 0.342. The lowest BCUT2D eigenvalue weighted by atomic mass is 9.94. The molecule has 7 nitrogen and oxygen atoms in total. The van der Waals surface area contributed by atoms with Gasteiger partial charge in [-0.1, -0.05) is 23.7 Å². The second-order valence-electron chi connectivity index (χ2n) is 6.58. The second kappa shape index (κ2) is 7.52. The van der Waals surface area contributed by atoms with Crippen LogP contribution in [0.3, 0.4) is 0 Å². The van der Waals surface area contributed by atoms with Crippen LogP contribution < -0.4 is 5.32 Å². The van der Waals surface area contributed by atoms with Gasteiger partial charge in [-0.15, -0.1) is 0 Å². The largest absolute Gasteiger partial charge is 0.463 e. The summed E-state index contributed by atoms with van der Waals surface area (Å²) in [5.41, 5.74) is 1.40. The molecule has 2 aliphatic rings. The molecule has 1 aromatic carbocycles. The Morgan fingerprint density at radius 2 is 2.00 bits per heavy atom. The molecule has 0 bridgehead atoms. The lowest BCUT2D eigenvalue weighted by Crippen LogP contribution is -2.52. The average molecular weight is 413 g/mol. The van der Waals surface area contributed by atoms with Crippen LogP contribution in [0.4, 0.5) is 4.79 Å². The predicted octanol–water partition coefficient (Wildman–Crippen LogP) is 2.43. The van der Waals surface area contributed by atoms with E-state index in [0.29, 0.717) is 28.3 Å². The van der Waals surface area contributed by atoms with Crippen LogP contribution in [0.1, 0.15) is 31.9 Å². The van der Waals surface area contributed by atoms with E-state index in [1.807, 2.05) is 0 Å².